The minimum absolute atomic E-state index is 0.140. The van der Waals surface area contributed by atoms with Crippen LogP contribution in [0.15, 0.2) is 18.2 Å². The van der Waals surface area contributed by atoms with Crippen molar-refractivity contribution in [3.8, 4) is 0 Å². The first kappa shape index (κ1) is 12.7. The number of halogens is 2. The minimum Gasteiger partial charge on any atom is -0.380 e. The van der Waals surface area contributed by atoms with E-state index < -0.39 is 0 Å². The highest BCUT2D eigenvalue weighted by atomic mass is 35.5. The van der Waals surface area contributed by atoms with Crippen molar-refractivity contribution in [3.05, 3.63) is 29.0 Å². The molecule has 1 unspecified atom stereocenters. The van der Waals surface area contributed by atoms with Gasteiger partial charge in [-0.3, -0.25) is 0 Å². The zero-order chi connectivity index (χ0) is 12.5. The summed E-state index contributed by atoms with van der Waals surface area (Å²) in [5, 5.41) is 3.64. The molecular formula is C13H17ClFNO. The predicted octanol–water partition coefficient (Wildman–Crippen LogP) is 3.85. The van der Waals surface area contributed by atoms with Crippen LogP contribution in [0.2, 0.25) is 5.02 Å². The SMILES string of the molecule is CC1(C)CC(Nc2ccc(Cl)cc2F)CCO1. The van der Waals surface area contributed by atoms with E-state index in [2.05, 4.69) is 19.2 Å². The van der Waals surface area contributed by atoms with Crippen LogP contribution in [0.25, 0.3) is 0 Å². The lowest BCUT2D eigenvalue weighted by molar-refractivity contribution is -0.0553. The lowest BCUT2D eigenvalue weighted by Gasteiger charge is -2.36. The van der Waals surface area contributed by atoms with Gasteiger partial charge < -0.3 is 10.1 Å². The predicted molar refractivity (Wildman–Crippen MR) is 68.1 cm³/mol. The summed E-state index contributed by atoms with van der Waals surface area (Å²) in [6.07, 6.45) is 1.76. The van der Waals surface area contributed by atoms with Crippen molar-refractivity contribution in [1.82, 2.24) is 0 Å². The van der Waals surface area contributed by atoms with E-state index in [1.54, 1.807) is 12.1 Å². The molecule has 1 aliphatic rings. The highest BCUT2D eigenvalue weighted by Gasteiger charge is 2.29. The standard InChI is InChI=1S/C13H17ClFNO/c1-13(2)8-10(5-6-17-13)16-12-4-3-9(14)7-11(12)15/h3-4,7,10,16H,5-6,8H2,1-2H3. The topological polar surface area (TPSA) is 21.3 Å². The van der Waals surface area contributed by atoms with Gasteiger partial charge in [0.25, 0.3) is 0 Å². The van der Waals surface area contributed by atoms with Gasteiger partial charge in [0.15, 0.2) is 0 Å². The number of rotatable bonds is 2. The lowest BCUT2D eigenvalue weighted by atomic mass is 9.94. The lowest BCUT2D eigenvalue weighted by Crippen LogP contribution is -2.40. The van der Waals surface area contributed by atoms with Crippen LogP contribution in [0.3, 0.4) is 0 Å². The zero-order valence-electron chi connectivity index (χ0n) is 10.1. The highest BCUT2D eigenvalue weighted by Crippen LogP contribution is 2.27. The Kier molecular flexibility index (Phi) is 3.59. The summed E-state index contributed by atoms with van der Waals surface area (Å²) < 4.78 is 19.2. The van der Waals surface area contributed by atoms with Crippen LogP contribution in [-0.2, 0) is 4.74 Å². The summed E-state index contributed by atoms with van der Waals surface area (Å²) in [5.41, 5.74) is 0.371. The van der Waals surface area contributed by atoms with Gasteiger partial charge in [-0.1, -0.05) is 11.6 Å². The average molecular weight is 258 g/mol. The molecule has 0 aliphatic carbocycles. The molecule has 0 saturated carbocycles. The van der Waals surface area contributed by atoms with Gasteiger partial charge in [0, 0.05) is 17.7 Å². The molecule has 0 aromatic heterocycles. The normalized spacial score (nSPS) is 23.4. The second-order valence-electron chi connectivity index (χ2n) is 5.07. The third-order valence-corrected chi connectivity index (χ3v) is 3.22. The summed E-state index contributed by atoms with van der Waals surface area (Å²) in [6, 6.07) is 4.95. The Labute approximate surface area is 106 Å². The van der Waals surface area contributed by atoms with Crippen molar-refractivity contribution in [1.29, 1.82) is 0 Å². The first-order chi connectivity index (χ1) is 7.96. The monoisotopic (exact) mass is 257 g/mol. The average Bonchev–Trinajstić information content (AvgIpc) is 2.21. The van der Waals surface area contributed by atoms with Gasteiger partial charge in [-0.05, 0) is 44.9 Å². The molecule has 0 bridgehead atoms. The number of ether oxygens (including phenoxy) is 1. The number of benzene rings is 1. The van der Waals surface area contributed by atoms with Gasteiger partial charge in [-0.15, -0.1) is 0 Å². The zero-order valence-corrected chi connectivity index (χ0v) is 10.9. The molecule has 94 valence electrons. The van der Waals surface area contributed by atoms with Crippen LogP contribution >= 0.6 is 11.6 Å². The van der Waals surface area contributed by atoms with Crippen molar-refractivity contribution in [2.75, 3.05) is 11.9 Å². The molecule has 1 aromatic carbocycles. The van der Waals surface area contributed by atoms with Gasteiger partial charge in [0.2, 0.25) is 0 Å². The maximum Gasteiger partial charge on any atom is 0.147 e. The highest BCUT2D eigenvalue weighted by molar-refractivity contribution is 6.30. The Balaban J connectivity index is 2.05. The fourth-order valence-electron chi connectivity index (χ4n) is 2.18. The summed E-state index contributed by atoms with van der Waals surface area (Å²) >= 11 is 5.72. The number of nitrogens with one attached hydrogen (secondary N) is 1. The van der Waals surface area contributed by atoms with E-state index in [1.807, 2.05) is 0 Å². The smallest absolute Gasteiger partial charge is 0.147 e. The molecule has 0 spiro atoms. The molecule has 1 heterocycles. The molecule has 1 aliphatic heterocycles. The molecule has 1 saturated heterocycles. The number of hydrogen-bond acceptors (Lipinski definition) is 2. The van der Waals surface area contributed by atoms with Crippen LogP contribution in [0, 0.1) is 5.82 Å². The summed E-state index contributed by atoms with van der Waals surface area (Å²) in [5.74, 6) is -0.304. The van der Waals surface area contributed by atoms with E-state index in [0.29, 0.717) is 17.3 Å². The molecule has 1 fully saturated rings. The largest absolute Gasteiger partial charge is 0.380 e. The summed E-state index contributed by atoms with van der Waals surface area (Å²) in [7, 11) is 0. The second-order valence-corrected chi connectivity index (χ2v) is 5.50. The van der Waals surface area contributed by atoms with Crippen molar-refractivity contribution < 1.29 is 9.13 Å². The molecule has 2 rings (SSSR count). The van der Waals surface area contributed by atoms with E-state index in [-0.39, 0.29) is 17.5 Å². The Morgan fingerprint density at radius 3 is 2.88 bits per heavy atom. The van der Waals surface area contributed by atoms with E-state index in [4.69, 9.17) is 16.3 Å². The van der Waals surface area contributed by atoms with Crippen LogP contribution < -0.4 is 5.32 Å². The van der Waals surface area contributed by atoms with Gasteiger partial charge >= 0.3 is 0 Å². The van der Waals surface area contributed by atoms with Crippen LogP contribution in [0.1, 0.15) is 26.7 Å². The maximum atomic E-state index is 13.6. The van der Waals surface area contributed by atoms with Crippen LogP contribution in [0.4, 0.5) is 10.1 Å². The van der Waals surface area contributed by atoms with Crippen molar-refractivity contribution in [2.45, 2.75) is 38.3 Å². The summed E-state index contributed by atoms with van der Waals surface area (Å²) in [4.78, 5) is 0. The van der Waals surface area contributed by atoms with Gasteiger partial charge in [0.05, 0.1) is 11.3 Å². The van der Waals surface area contributed by atoms with Gasteiger partial charge in [0.1, 0.15) is 5.82 Å². The van der Waals surface area contributed by atoms with E-state index in [9.17, 15) is 4.39 Å². The molecule has 2 nitrogen and oxygen atoms in total. The quantitative estimate of drug-likeness (QED) is 0.869. The molecule has 1 aromatic rings. The van der Waals surface area contributed by atoms with Crippen LogP contribution in [0.5, 0.6) is 0 Å². The third-order valence-electron chi connectivity index (χ3n) is 2.99. The third kappa shape index (κ3) is 3.33. The Morgan fingerprint density at radius 1 is 1.47 bits per heavy atom. The molecule has 17 heavy (non-hydrogen) atoms. The van der Waals surface area contributed by atoms with Gasteiger partial charge in [-0.2, -0.15) is 0 Å². The molecule has 0 radical (unpaired) electrons. The van der Waals surface area contributed by atoms with Crippen molar-refractivity contribution in [2.24, 2.45) is 0 Å². The maximum absolute atomic E-state index is 13.6. The Bertz CT molecular complexity index is 408. The number of anilines is 1. The van der Waals surface area contributed by atoms with Crippen molar-refractivity contribution in [3.63, 3.8) is 0 Å². The molecule has 4 heteroatoms. The minimum atomic E-state index is -0.304. The van der Waals surface area contributed by atoms with E-state index >= 15 is 0 Å². The first-order valence-electron chi connectivity index (χ1n) is 5.82. The second kappa shape index (κ2) is 4.83. The van der Waals surface area contributed by atoms with Crippen molar-refractivity contribution >= 4 is 17.3 Å². The fraction of sp³-hybridized carbons (Fsp3) is 0.538. The molecule has 0 amide bonds. The Hall–Kier alpha value is -0.800. The van der Waals surface area contributed by atoms with Crippen LogP contribution in [-0.4, -0.2) is 18.2 Å². The summed E-state index contributed by atoms with van der Waals surface area (Å²) in [6.45, 7) is 4.82. The van der Waals surface area contributed by atoms with E-state index in [0.717, 1.165) is 12.8 Å². The fourth-order valence-corrected chi connectivity index (χ4v) is 2.34. The number of hydrogen-bond donors (Lipinski definition) is 1. The molecule has 1 N–H and O–H groups in total. The first-order valence-corrected chi connectivity index (χ1v) is 6.20. The molecule has 1 atom stereocenters. The van der Waals surface area contributed by atoms with E-state index in [1.165, 1.54) is 6.07 Å². The molecular weight excluding hydrogens is 241 g/mol. The van der Waals surface area contributed by atoms with Gasteiger partial charge in [-0.25, -0.2) is 4.39 Å². The Morgan fingerprint density at radius 2 is 2.24 bits per heavy atom.